The summed E-state index contributed by atoms with van der Waals surface area (Å²) in [4.78, 5) is 57.7. The van der Waals surface area contributed by atoms with E-state index in [0.29, 0.717) is 11.9 Å². The number of carbonyl (C=O) groups is 4. The van der Waals surface area contributed by atoms with Gasteiger partial charge in [0.1, 0.15) is 18.6 Å². The summed E-state index contributed by atoms with van der Waals surface area (Å²) in [7, 11) is 0. The number of nitrogens with zero attached hydrogens (tertiary/aromatic N) is 4. The minimum atomic E-state index is -1.37. The van der Waals surface area contributed by atoms with Crippen LogP contribution in [0.5, 0.6) is 0 Å². The molecule has 0 radical (unpaired) electrons. The van der Waals surface area contributed by atoms with Crippen molar-refractivity contribution < 1.29 is 38.9 Å². The maximum absolute atomic E-state index is 12.9. The van der Waals surface area contributed by atoms with Crippen LogP contribution in [0.4, 0.5) is 5.69 Å². The molecule has 0 bridgehead atoms. The fourth-order valence-electron chi connectivity index (χ4n) is 2.48. The second-order valence-corrected chi connectivity index (χ2v) is 7.88. The molecule has 0 aliphatic heterocycles. The van der Waals surface area contributed by atoms with Gasteiger partial charge in [-0.2, -0.15) is 12.6 Å². The molecular weight excluding hydrogens is 484 g/mol. The number of carboxylic acid groups (broad SMARTS) is 2. The Kier molecular flexibility index (Phi) is 8.94. The molecule has 1 heterocycles. The average Bonchev–Trinajstić information content (AvgIpc) is 3.24. The molecule has 0 saturated heterocycles. The molecule has 2 unspecified atom stereocenters. The van der Waals surface area contributed by atoms with Gasteiger partial charge in [0.15, 0.2) is 5.52 Å². The van der Waals surface area contributed by atoms with Crippen LogP contribution in [0, 0.1) is 10.1 Å². The first kappa shape index (κ1) is 25.8. The Morgan fingerprint density at radius 1 is 1.27 bits per heavy atom. The molecule has 0 aliphatic carbocycles. The summed E-state index contributed by atoms with van der Waals surface area (Å²) in [6.07, 6.45) is -0.465. The van der Waals surface area contributed by atoms with E-state index in [2.05, 4.69) is 32.9 Å². The monoisotopic (exact) mass is 502 g/mol. The average molecular weight is 502 g/mol. The third-order valence-corrected chi connectivity index (χ3v) is 5.52. The number of amides is 2. The Morgan fingerprint density at radius 3 is 2.52 bits per heavy atom. The van der Waals surface area contributed by atoms with E-state index in [1.54, 1.807) is 0 Å². The lowest BCUT2D eigenvalue weighted by molar-refractivity contribution is -0.383. The van der Waals surface area contributed by atoms with Crippen LogP contribution in [0.1, 0.15) is 12.8 Å². The highest BCUT2D eigenvalue weighted by atomic mass is 32.2. The number of rotatable bonds is 12. The van der Waals surface area contributed by atoms with Crippen molar-refractivity contribution in [2.45, 2.75) is 29.8 Å². The number of aromatic nitrogens is 2. The maximum atomic E-state index is 12.9. The van der Waals surface area contributed by atoms with Crippen LogP contribution in [0.2, 0.25) is 0 Å². The molecule has 2 rings (SSSR count). The van der Waals surface area contributed by atoms with Gasteiger partial charge >= 0.3 is 17.6 Å². The van der Waals surface area contributed by atoms with Crippen molar-refractivity contribution >= 4 is 65.1 Å². The van der Waals surface area contributed by atoms with Gasteiger partial charge in [0.2, 0.25) is 11.4 Å². The summed E-state index contributed by atoms with van der Waals surface area (Å²) in [5.74, 6) is -4.38. The number of non-ortho nitro benzene ring substituents is 1. The van der Waals surface area contributed by atoms with Crippen molar-refractivity contribution in [3.8, 4) is 0 Å². The largest absolute Gasteiger partial charge is 0.480 e. The Hall–Kier alpha value is -3.44. The molecule has 33 heavy (non-hydrogen) atoms. The number of nitro benzene ring substituents is 1. The van der Waals surface area contributed by atoms with E-state index in [0.717, 1.165) is 10.4 Å². The molecule has 0 fully saturated rings. The zero-order valence-electron chi connectivity index (χ0n) is 16.6. The predicted molar refractivity (Wildman–Crippen MR) is 114 cm³/mol. The Labute approximate surface area is 194 Å². The lowest BCUT2D eigenvalue weighted by Gasteiger charge is -2.24. The predicted octanol–water partition coefficient (Wildman–Crippen LogP) is -0.342. The van der Waals surface area contributed by atoms with Gasteiger partial charge in [-0.05, 0) is 34.7 Å². The van der Waals surface area contributed by atoms with Crippen molar-refractivity contribution in [1.82, 2.24) is 19.9 Å². The standard InChI is InChI=1S/C16H18N6O9S2/c17-7(16(27)28)1-4-11(23)18-8(6-32)15(26)21(5-12(24)25)33-10-3-2-9(22(29)30)13-14(10)20-31-19-13/h2-3,7-8,32H,1,4-6,17H2,(H,18,23)(H,24,25)(H,27,28). The van der Waals surface area contributed by atoms with Gasteiger partial charge in [-0.1, -0.05) is 0 Å². The number of aliphatic carboxylic acids is 2. The van der Waals surface area contributed by atoms with Gasteiger partial charge in [0.05, 0.1) is 9.82 Å². The number of carboxylic acids is 2. The quantitative estimate of drug-likeness (QED) is 0.108. The molecule has 2 aromatic rings. The van der Waals surface area contributed by atoms with E-state index in [9.17, 15) is 34.4 Å². The van der Waals surface area contributed by atoms with Crippen LogP contribution in [-0.2, 0) is 19.2 Å². The molecule has 2 amide bonds. The molecule has 17 heteroatoms. The van der Waals surface area contributed by atoms with Crippen molar-refractivity contribution in [2.75, 3.05) is 12.3 Å². The van der Waals surface area contributed by atoms with E-state index in [4.69, 9.17) is 10.8 Å². The number of benzene rings is 1. The number of fused-ring (bicyclic) bond motifs is 1. The van der Waals surface area contributed by atoms with E-state index in [-0.39, 0.29) is 34.5 Å². The first-order valence-electron chi connectivity index (χ1n) is 9.04. The van der Waals surface area contributed by atoms with E-state index in [1.807, 2.05) is 0 Å². The summed E-state index contributed by atoms with van der Waals surface area (Å²) >= 11 is 4.62. The lowest BCUT2D eigenvalue weighted by atomic mass is 10.1. The summed E-state index contributed by atoms with van der Waals surface area (Å²) < 4.78 is 5.35. The highest BCUT2D eigenvalue weighted by molar-refractivity contribution is 7.97. The number of nitrogens with one attached hydrogen (secondary N) is 1. The molecular formula is C16H18N6O9S2. The lowest BCUT2D eigenvalue weighted by Crippen LogP contribution is -2.49. The fourth-order valence-corrected chi connectivity index (χ4v) is 3.71. The number of hydrogen-bond donors (Lipinski definition) is 5. The summed E-state index contributed by atoms with van der Waals surface area (Å²) in [5.41, 5.74) is 4.69. The third-order valence-electron chi connectivity index (χ3n) is 4.10. The van der Waals surface area contributed by atoms with Crippen LogP contribution in [0.3, 0.4) is 0 Å². The van der Waals surface area contributed by atoms with Crippen molar-refractivity contribution in [3.05, 3.63) is 22.2 Å². The van der Waals surface area contributed by atoms with Gasteiger partial charge in [-0.15, -0.1) is 0 Å². The number of hydrogen-bond acceptors (Lipinski definition) is 12. The van der Waals surface area contributed by atoms with Crippen molar-refractivity contribution in [1.29, 1.82) is 0 Å². The number of nitrogens with two attached hydrogens (primary N) is 1. The number of nitro groups is 1. The first-order valence-corrected chi connectivity index (χ1v) is 10.4. The van der Waals surface area contributed by atoms with Gasteiger partial charge in [-0.25, -0.2) is 4.63 Å². The molecule has 0 spiro atoms. The van der Waals surface area contributed by atoms with Crippen LogP contribution >= 0.6 is 24.6 Å². The zero-order valence-corrected chi connectivity index (χ0v) is 18.3. The fraction of sp³-hybridized carbons (Fsp3) is 0.375. The Bertz CT molecular complexity index is 1080. The highest BCUT2D eigenvalue weighted by Crippen LogP contribution is 2.33. The van der Waals surface area contributed by atoms with Crippen molar-refractivity contribution in [2.24, 2.45) is 5.73 Å². The second kappa shape index (κ2) is 11.4. The zero-order chi connectivity index (χ0) is 24.7. The molecule has 0 saturated carbocycles. The molecule has 5 N–H and O–H groups in total. The van der Waals surface area contributed by atoms with E-state index >= 15 is 0 Å². The maximum Gasteiger partial charge on any atom is 0.324 e. The molecule has 1 aromatic heterocycles. The molecule has 2 atom stereocenters. The van der Waals surface area contributed by atoms with Gasteiger partial charge in [0.25, 0.3) is 5.91 Å². The minimum Gasteiger partial charge on any atom is -0.480 e. The molecule has 15 nitrogen and oxygen atoms in total. The van der Waals surface area contributed by atoms with Crippen LogP contribution in [0.15, 0.2) is 21.7 Å². The first-order chi connectivity index (χ1) is 15.5. The molecule has 0 aliphatic rings. The molecule has 1 aromatic carbocycles. The summed E-state index contributed by atoms with van der Waals surface area (Å²) in [6, 6.07) is -0.167. The summed E-state index contributed by atoms with van der Waals surface area (Å²) in [5, 5.41) is 38.5. The van der Waals surface area contributed by atoms with Crippen molar-refractivity contribution in [3.63, 3.8) is 0 Å². The van der Waals surface area contributed by atoms with Crippen LogP contribution < -0.4 is 11.1 Å². The number of thiol groups is 1. The smallest absolute Gasteiger partial charge is 0.324 e. The number of carbonyl (C=O) groups excluding carboxylic acids is 2. The Morgan fingerprint density at radius 2 is 1.94 bits per heavy atom. The summed E-state index contributed by atoms with van der Waals surface area (Å²) in [6.45, 7) is -0.794. The molecule has 178 valence electrons. The van der Waals surface area contributed by atoms with Crippen LogP contribution in [-0.4, -0.2) is 77.9 Å². The third kappa shape index (κ3) is 6.77. The van der Waals surface area contributed by atoms with Gasteiger partial charge in [-0.3, -0.25) is 33.6 Å². The van der Waals surface area contributed by atoms with Gasteiger partial charge < -0.3 is 21.3 Å². The second-order valence-electron chi connectivity index (χ2n) is 6.45. The van der Waals surface area contributed by atoms with E-state index in [1.165, 1.54) is 6.07 Å². The topological polar surface area (TPSA) is 232 Å². The van der Waals surface area contributed by atoms with E-state index < -0.39 is 53.0 Å². The highest BCUT2D eigenvalue weighted by Gasteiger charge is 2.30. The SMILES string of the molecule is NC(CCC(=O)NC(CS)C(=O)N(CC(=O)O)Sc1ccc([N+](=O)[O-])c2nonc12)C(=O)O. The van der Waals surface area contributed by atoms with Crippen LogP contribution in [0.25, 0.3) is 11.0 Å². The normalized spacial score (nSPS) is 12.7. The Balaban J connectivity index is 2.21. The minimum absolute atomic E-state index is 0.0634. The van der Waals surface area contributed by atoms with Gasteiger partial charge in [0, 0.05) is 18.2 Å².